The average molecular weight is 331 g/mol. The van der Waals surface area contributed by atoms with Crippen LogP contribution in [0.5, 0.6) is 0 Å². The molecule has 2 rings (SSSR count). The van der Waals surface area contributed by atoms with E-state index < -0.39 is 0 Å². The van der Waals surface area contributed by atoms with E-state index in [4.69, 9.17) is 10.5 Å². The van der Waals surface area contributed by atoms with Crippen LogP contribution >= 0.6 is 15.9 Å². The Balaban J connectivity index is 2.22. The van der Waals surface area contributed by atoms with E-state index in [9.17, 15) is 4.39 Å². The van der Waals surface area contributed by atoms with Crippen LogP contribution in [0.3, 0.4) is 0 Å². The quantitative estimate of drug-likeness (QED) is 0.835. The molecule has 5 heteroatoms. The van der Waals surface area contributed by atoms with Crippen molar-refractivity contribution < 1.29 is 9.13 Å². The molecule has 1 aliphatic rings. The summed E-state index contributed by atoms with van der Waals surface area (Å²) in [5.74, 6) is -0.223. The van der Waals surface area contributed by atoms with Crippen molar-refractivity contribution in [2.24, 2.45) is 5.73 Å². The van der Waals surface area contributed by atoms with Gasteiger partial charge in [0.2, 0.25) is 0 Å². The molecule has 0 saturated heterocycles. The minimum Gasteiger partial charge on any atom is -0.383 e. The van der Waals surface area contributed by atoms with Crippen LogP contribution < -0.4 is 5.73 Å². The topological polar surface area (TPSA) is 38.5 Å². The minimum absolute atomic E-state index is 0.0349. The second-order valence-electron chi connectivity index (χ2n) is 4.88. The molecule has 1 aromatic carbocycles. The smallest absolute Gasteiger partial charge is 0.123 e. The molecule has 1 fully saturated rings. The molecular formula is C14H20BrFN2O. The summed E-state index contributed by atoms with van der Waals surface area (Å²) in [4.78, 5) is 2.34. The summed E-state index contributed by atoms with van der Waals surface area (Å²) in [6, 6.07) is 5.36. The van der Waals surface area contributed by atoms with Crippen LogP contribution in [0.15, 0.2) is 22.7 Å². The predicted octanol–water partition coefficient (Wildman–Crippen LogP) is 2.70. The molecule has 1 aliphatic carbocycles. The lowest BCUT2D eigenvalue weighted by atomic mass is 10.0. The first-order valence-corrected chi connectivity index (χ1v) is 7.36. The first-order valence-electron chi connectivity index (χ1n) is 6.57. The Morgan fingerprint density at radius 1 is 1.53 bits per heavy atom. The zero-order valence-corrected chi connectivity index (χ0v) is 12.7. The number of nitrogens with zero attached hydrogens (tertiary/aromatic N) is 1. The van der Waals surface area contributed by atoms with Gasteiger partial charge in [-0.25, -0.2) is 4.39 Å². The van der Waals surface area contributed by atoms with Crippen molar-refractivity contribution >= 4 is 15.9 Å². The Morgan fingerprint density at radius 3 is 2.84 bits per heavy atom. The number of nitrogens with two attached hydrogens (primary N) is 1. The van der Waals surface area contributed by atoms with Crippen LogP contribution in [0.4, 0.5) is 4.39 Å². The van der Waals surface area contributed by atoms with Crippen LogP contribution in [0.25, 0.3) is 0 Å². The van der Waals surface area contributed by atoms with Crippen molar-refractivity contribution in [3.63, 3.8) is 0 Å². The second-order valence-corrected chi connectivity index (χ2v) is 5.73. The van der Waals surface area contributed by atoms with Crippen LogP contribution in [0.1, 0.15) is 24.4 Å². The fourth-order valence-corrected chi connectivity index (χ4v) is 2.92. The molecule has 1 aromatic rings. The number of methoxy groups -OCH3 is 1. The van der Waals surface area contributed by atoms with Gasteiger partial charge in [0, 0.05) is 36.8 Å². The maximum Gasteiger partial charge on any atom is 0.123 e. The molecule has 0 aromatic heterocycles. The van der Waals surface area contributed by atoms with Crippen LogP contribution in [0.2, 0.25) is 0 Å². The van der Waals surface area contributed by atoms with Gasteiger partial charge in [0.05, 0.1) is 6.61 Å². The number of hydrogen-bond acceptors (Lipinski definition) is 3. The zero-order chi connectivity index (χ0) is 13.8. The van der Waals surface area contributed by atoms with Gasteiger partial charge in [-0.2, -0.15) is 0 Å². The van der Waals surface area contributed by atoms with E-state index in [-0.39, 0.29) is 11.9 Å². The molecule has 0 aliphatic heterocycles. The summed E-state index contributed by atoms with van der Waals surface area (Å²) in [5, 5.41) is 0. The van der Waals surface area contributed by atoms with Crippen molar-refractivity contribution in [1.29, 1.82) is 0 Å². The first-order chi connectivity index (χ1) is 9.17. The summed E-state index contributed by atoms with van der Waals surface area (Å²) in [6.07, 6.45) is 2.38. The predicted molar refractivity (Wildman–Crippen MR) is 77.5 cm³/mol. The molecule has 1 saturated carbocycles. The Bertz CT molecular complexity index is 426. The van der Waals surface area contributed by atoms with Gasteiger partial charge in [-0.15, -0.1) is 0 Å². The summed E-state index contributed by atoms with van der Waals surface area (Å²) in [5.41, 5.74) is 6.86. The number of halogens is 2. The molecule has 3 nitrogen and oxygen atoms in total. The summed E-state index contributed by atoms with van der Waals surface area (Å²) < 4.78 is 19.5. The Hall–Kier alpha value is -0.490. The lowest BCUT2D eigenvalue weighted by Gasteiger charge is -2.31. The molecule has 2 N–H and O–H groups in total. The molecule has 0 spiro atoms. The van der Waals surface area contributed by atoms with E-state index in [1.807, 2.05) is 0 Å². The van der Waals surface area contributed by atoms with E-state index in [1.165, 1.54) is 18.9 Å². The van der Waals surface area contributed by atoms with E-state index in [1.54, 1.807) is 19.2 Å². The van der Waals surface area contributed by atoms with Gasteiger partial charge in [0.15, 0.2) is 0 Å². The highest BCUT2D eigenvalue weighted by atomic mass is 79.9. The van der Waals surface area contributed by atoms with Gasteiger partial charge in [0.25, 0.3) is 0 Å². The van der Waals surface area contributed by atoms with Crippen LogP contribution in [0, 0.1) is 5.82 Å². The van der Waals surface area contributed by atoms with Gasteiger partial charge in [-0.05, 0) is 36.6 Å². The van der Waals surface area contributed by atoms with Gasteiger partial charge >= 0.3 is 0 Å². The highest BCUT2D eigenvalue weighted by Gasteiger charge is 2.34. The highest BCUT2D eigenvalue weighted by Crippen LogP contribution is 2.36. The number of ether oxygens (including phenoxy) is 1. The molecule has 106 valence electrons. The normalized spacial score (nSPS) is 16.9. The third-order valence-corrected chi connectivity index (χ3v) is 4.23. The molecular weight excluding hydrogens is 311 g/mol. The highest BCUT2D eigenvalue weighted by molar-refractivity contribution is 9.10. The lowest BCUT2D eigenvalue weighted by molar-refractivity contribution is 0.115. The molecule has 19 heavy (non-hydrogen) atoms. The first kappa shape index (κ1) is 14.9. The van der Waals surface area contributed by atoms with E-state index in [0.717, 1.165) is 16.6 Å². The molecule has 0 amide bonds. The molecule has 0 bridgehead atoms. The third-order valence-electron chi connectivity index (χ3n) is 3.51. The standard InChI is InChI=1S/C14H20BrFN2O/c1-19-7-6-18(11-3-4-11)14(9-17)12-8-10(16)2-5-13(12)15/h2,5,8,11,14H,3-4,6-7,9,17H2,1H3. The van der Waals surface area contributed by atoms with Crippen molar-refractivity contribution in [1.82, 2.24) is 4.90 Å². The third kappa shape index (κ3) is 3.75. The van der Waals surface area contributed by atoms with Gasteiger partial charge in [-0.3, -0.25) is 4.90 Å². The van der Waals surface area contributed by atoms with Crippen molar-refractivity contribution in [2.75, 3.05) is 26.8 Å². The number of benzene rings is 1. The lowest BCUT2D eigenvalue weighted by Crippen LogP contribution is -2.38. The van der Waals surface area contributed by atoms with Crippen LogP contribution in [-0.2, 0) is 4.74 Å². The maximum absolute atomic E-state index is 13.5. The second kappa shape index (κ2) is 6.79. The van der Waals surface area contributed by atoms with Crippen molar-refractivity contribution in [3.05, 3.63) is 34.1 Å². The van der Waals surface area contributed by atoms with E-state index in [2.05, 4.69) is 20.8 Å². The monoisotopic (exact) mass is 330 g/mol. The maximum atomic E-state index is 13.5. The summed E-state index contributed by atoms with van der Waals surface area (Å²) in [7, 11) is 1.70. The molecule has 0 heterocycles. The Morgan fingerprint density at radius 2 is 2.26 bits per heavy atom. The Kier molecular flexibility index (Phi) is 5.33. The van der Waals surface area contributed by atoms with Crippen molar-refractivity contribution in [3.8, 4) is 0 Å². The molecule has 1 atom stereocenters. The van der Waals surface area contributed by atoms with Gasteiger partial charge < -0.3 is 10.5 Å². The average Bonchev–Trinajstić information content (AvgIpc) is 3.22. The summed E-state index contributed by atoms with van der Waals surface area (Å²) in [6.45, 7) is 1.97. The van der Waals surface area contributed by atoms with E-state index in [0.29, 0.717) is 19.2 Å². The van der Waals surface area contributed by atoms with Gasteiger partial charge in [0.1, 0.15) is 5.82 Å². The Labute approximate surface area is 122 Å². The minimum atomic E-state index is -0.223. The number of hydrogen-bond donors (Lipinski definition) is 1. The van der Waals surface area contributed by atoms with Gasteiger partial charge in [-0.1, -0.05) is 15.9 Å². The fourth-order valence-electron chi connectivity index (χ4n) is 2.41. The fraction of sp³-hybridized carbons (Fsp3) is 0.571. The zero-order valence-electron chi connectivity index (χ0n) is 11.1. The summed E-state index contributed by atoms with van der Waals surface area (Å²) >= 11 is 3.50. The van der Waals surface area contributed by atoms with Crippen LogP contribution in [-0.4, -0.2) is 37.7 Å². The largest absolute Gasteiger partial charge is 0.383 e. The molecule has 1 unspecified atom stereocenters. The number of rotatable bonds is 7. The van der Waals surface area contributed by atoms with Crippen molar-refractivity contribution in [2.45, 2.75) is 24.9 Å². The molecule has 0 radical (unpaired) electrons. The SMILES string of the molecule is COCCN(C1CC1)C(CN)c1cc(F)ccc1Br. The van der Waals surface area contributed by atoms with E-state index >= 15 is 0 Å².